The molecule has 0 aliphatic heterocycles. The summed E-state index contributed by atoms with van der Waals surface area (Å²) in [7, 11) is 0. The summed E-state index contributed by atoms with van der Waals surface area (Å²) < 4.78 is 1.69. The van der Waals surface area contributed by atoms with Gasteiger partial charge in [0.15, 0.2) is 12.4 Å². The Bertz CT molecular complexity index is 841. The van der Waals surface area contributed by atoms with Gasteiger partial charge in [-0.2, -0.15) is 4.57 Å². The molecule has 3 heterocycles. The lowest BCUT2D eigenvalue weighted by Crippen LogP contribution is -3.00. The van der Waals surface area contributed by atoms with Crippen molar-refractivity contribution in [2.75, 3.05) is 5.43 Å². The quantitative estimate of drug-likeness (QED) is 0.308. The molecule has 0 atom stereocenters. The van der Waals surface area contributed by atoms with Crippen molar-refractivity contribution in [3.63, 3.8) is 0 Å². The van der Waals surface area contributed by atoms with Gasteiger partial charge in [0.1, 0.15) is 11.4 Å². The van der Waals surface area contributed by atoms with Crippen LogP contribution in [-0.2, 0) is 6.54 Å². The highest BCUT2D eigenvalue weighted by atomic mass is 79.9. The highest BCUT2D eigenvalue weighted by molar-refractivity contribution is 7.12. The third-order valence-electron chi connectivity index (χ3n) is 3.21. The molecule has 3 aromatic rings. The Morgan fingerprint density at radius 1 is 1.12 bits per heavy atom. The molecule has 6 nitrogen and oxygen atoms in total. The summed E-state index contributed by atoms with van der Waals surface area (Å²) in [5.41, 5.74) is 5.76. The van der Waals surface area contributed by atoms with Crippen LogP contribution in [0.5, 0.6) is 0 Å². The van der Waals surface area contributed by atoms with E-state index in [-0.39, 0.29) is 35.2 Å². The predicted molar refractivity (Wildman–Crippen MR) is 90.6 cm³/mol. The Morgan fingerprint density at radius 3 is 2.72 bits per heavy atom. The van der Waals surface area contributed by atoms with E-state index < -0.39 is 0 Å². The first-order chi connectivity index (χ1) is 11.7. The number of nitrogens with zero attached hydrogens (tertiary/aromatic N) is 2. The average Bonchev–Trinajstić information content (AvgIpc) is 3.15. The number of hydrogen-bond acceptors (Lipinski definition) is 5. The zero-order valence-corrected chi connectivity index (χ0v) is 15.5. The molecule has 0 radical (unpaired) electrons. The fraction of sp³-hybridized carbons (Fsp3) is 0.0588. The van der Waals surface area contributed by atoms with Gasteiger partial charge < -0.3 is 17.0 Å². The van der Waals surface area contributed by atoms with Crippen LogP contribution in [0, 0.1) is 0 Å². The Hall–Kier alpha value is -2.58. The molecule has 0 fully saturated rings. The summed E-state index contributed by atoms with van der Waals surface area (Å²) in [5.74, 6) is 0.250. The number of amides is 1. The average molecular weight is 419 g/mol. The number of hydrogen-bond donors (Lipinski definition) is 2. The maximum atomic E-state index is 12.2. The molecule has 1 amide bonds. The molecule has 25 heavy (non-hydrogen) atoms. The van der Waals surface area contributed by atoms with Gasteiger partial charge in [-0.1, -0.05) is 12.1 Å². The van der Waals surface area contributed by atoms with E-state index >= 15 is 0 Å². The molecule has 0 saturated heterocycles. The number of ketones is 1. The van der Waals surface area contributed by atoms with Crippen LogP contribution in [0.1, 0.15) is 20.0 Å². The van der Waals surface area contributed by atoms with Gasteiger partial charge in [0, 0.05) is 12.3 Å². The number of aromatic nitrogens is 2. The van der Waals surface area contributed by atoms with E-state index in [1.165, 1.54) is 11.3 Å². The fourth-order valence-electron chi connectivity index (χ4n) is 2.07. The van der Waals surface area contributed by atoms with Gasteiger partial charge in [0.2, 0.25) is 12.3 Å². The number of rotatable bonds is 6. The molecular weight excluding hydrogens is 404 g/mol. The summed E-state index contributed by atoms with van der Waals surface area (Å²) in [5, 5.41) is 1.87. The third-order valence-corrected chi connectivity index (χ3v) is 4.12. The molecule has 0 aliphatic carbocycles. The van der Waals surface area contributed by atoms with Crippen LogP contribution < -0.4 is 32.4 Å². The number of carbonyl (C=O) groups is 2. The molecule has 0 spiro atoms. The lowest BCUT2D eigenvalue weighted by Gasteiger charge is -2.06. The van der Waals surface area contributed by atoms with Crippen LogP contribution in [0.2, 0.25) is 0 Å². The first-order valence-electron chi connectivity index (χ1n) is 7.25. The van der Waals surface area contributed by atoms with Gasteiger partial charge in [-0.3, -0.25) is 20.4 Å². The van der Waals surface area contributed by atoms with E-state index in [9.17, 15) is 9.59 Å². The van der Waals surface area contributed by atoms with Crippen LogP contribution >= 0.6 is 11.3 Å². The molecule has 3 rings (SSSR count). The largest absolute Gasteiger partial charge is 1.00 e. The minimum Gasteiger partial charge on any atom is -1.00 e. The van der Waals surface area contributed by atoms with Crippen LogP contribution in [0.4, 0.5) is 5.82 Å². The van der Waals surface area contributed by atoms with Crippen molar-refractivity contribution in [3.8, 4) is 0 Å². The zero-order chi connectivity index (χ0) is 16.8. The van der Waals surface area contributed by atoms with Crippen molar-refractivity contribution in [2.24, 2.45) is 0 Å². The topological polar surface area (TPSA) is 75.0 Å². The summed E-state index contributed by atoms with van der Waals surface area (Å²) in [6, 6.07) is 12.4. The molecule has 0 aliphatic rings. The van der Waals surface area contributed by atoms with Crippen LogP contribution in [0.3, 0.4) is 0 Å². The summed E-state index contributed by atoms with van der Waals surface area (Å²) in [6.07, 6.45) is 5.02. The van der Waals surface area contributed by atoms with E-state index in [0.29, 0.717) is 16.3 Å². The molecule has 0 bridgehead atoms. The molecular formula is C17H15BrN4O2S. The number of nitrogens with one attached hydrogen (secondary N) is 2. The highest BCUT2D eigenvalue weighted by Crippen LogP contribution is 2.09. The van der Waals surface area contributed by atoms with Gasteiger partial charge in [-0.25, -0.2) is 4.98 Å². The number of halogens is 1. The van der Waals surface area contributed by atoms with E-state index in [2.05, 4.69) is 15.8 Å². The minimum atomic E-state index is -0.307. The number of hydrazine groups is 1. The number of thiophene rings is 1. The van der Waals surface area contributed by atoms with Gasteiger partial charge in [0.25, 0.3) is 5.91 Å². The number of anilines is 1. The van der Waals surface area contributed by atoms with Crippen molar-refractivity contribution >= 4 is 28.8 Å². The molecule has 0 saturated carbocycles. The SMILES string of the molecule is O=C(NNc1ccccn1)c1ccc[n+](CC(=O)c2cccs2)c1.[Br-]. The Labute approximate surface area is 159 Å². The second-order valence-corrected chi connectivity index (χ2v) is 5.91. The number of pyridine rings is 2. The zero-order valence-electron chi connectivity index (χ0n) is 13.1. The maximum absolute atomic E-state index is 12.2. The summed E-state index contributed by atoms with van der Waals surface area (Å²) in [4.78, 5) is 29.1. The number of Topliss-reactive ketones (excluding diaryl/α,β-unsaturated/α-hetero) is 1. The fourth-order valence-corrected chi connectivity index (χ4v) is 2.72. The molecule has 128 valence electrons. The monoisotopic (exact) mass is 418 g/mol. The molecule has 8 heteroatoms. The van der Waals surface area contributed by atoms with Gasteiger partial charge >= 0.3 is 0 Å². The van der Waals surface area contributed by atoms with Crippen molar-refractivity contribution in [1.29, 1.82) is 0 Å². The number of carbonyl (C=O) groups excluding carboxylic acids is 2. The second-order valence-electron chi connectivity index (χ2n) is 4.96. The smallest absolute Gasteiger partial charge is 0.275 e. The van der Waals surface area contributed by atoms with Crippen LogP contribution in [0.15, 0.2) is 66.4 Å². The molecule has 0 aromatic carbocycles. The summed E-state index contributed by atoms with van der Waals surface area (Å²) >= 11 is 1.41. The van der Waals surface area contributed by atoms with Crippen molar-refractivity contribution in [2.45, 2.75) is 6.54 Å². The third kappa shape index (κ3) is 5.20. The van der Waals surface area contributed by atoms with Gasteiger partial charge in [-0.15, -0.1) is 11.3 Å². The van der Waals surface area contributed by atoms with E-state index in [1.807, 2.05) is 17.5 Å². The Kier molecular flexibility index (Phi) is 6.79. The van der Waals surface area contributed by atoms with Gasteiger partial charge in [-0.05, 0) is 29.6 Å². The Morgan fingerprint density at radius 2 is 2.00 bits per heavy atom. The normalized spacial score (nSPS) is 9.76. The first kappa shape index (κ1) is 18.8. The van der Waals surface area contributed by atoms with Crippen LogP contribution in [0.25, 0.3) is 0 Å². The maximum Gasteiger partial charge on any atom is 0.275 e. The predicted octanol–water partition coefficient (Wildman–Crippen LogP) is -0.926. The van der Waals surface area contributed by atoms with E-state index in [0.717, 1.165) is 0 Å². The molecule has 3 aromatic heterocycles. The lowest BCUT2D eigenvalue weighted by molar-refractivity contribution is -0.683. The molecule has 2 N–H and O–H groups in total. The van der Waals surface area contributed by atoms with Crippen LogP contribution in [-0.4, -0.2) is 16.7 Å². The van der Waals surface area contributed by atoms with E-state index in [4.69, 9.17) is 0 Å². The second kappa shape index (κ2) is 9.05. The van der Waals surface area contributed by atoms with Crippen molar-refractivity contribution in [1.82, 2.24) is 10.4 Å². The highest BCUT2D eigenvalue weighted by Gasteiger charge is 2.15. The van der Waals surface area contributed by atoms with Crippen molar-refractivity contribution in [3.05, 3.63) is 76.9 Å². The lowest BCUT2D eigenvalue weighted by atomic mass is 10.2. The van der Waals surface area contributed by atoms with Crippen molar-refractivity contribution < 1.29 is 31.1 Å². The standard InChI is InChI=1S/C17H14N4O2S.BrH/c22-14(15-6-4-10-24-15)12-21-9-3-5-13(11-21)17(23)20-19-16-7-1-2-8-18-16;/h1-11H,12H2,(H-,18,19,20,23);1H. The summed E-state index contributed by atoms with van der Waals surface area (Å²) in [6.45, 7) is 0.190. The first-order valence-corrected chi connectivity index (χ1v) is 8.13. The minimum absolute atomic E-state index is 0. The van der Waals surface area contributed by atoms with E-state index in [1.54, 1.807) is 53.5 Å². The molecule has 0 unspecified atom stereocenters. The van der Waals surface area contributed by atoms with Gasteiger partial charge in [0.05, 0.1) is 4.88 Å². The Balaban J connectivity index is 0.00000225.